The molecular formula is C49H50F2N10O8S. The topological polar surface area (TPSA) is 203 Å². The number of anilines is 3. The summed E-state index contributed by atoms with van der Waals surface area (Å²) in [5, 5.41) is 12.5. The van der Waals surface area contributed by atoms with Crippen molar-refractivity contribution >= 4 is 55.9 Å². The van der Waals surface area contributed by atoms with Gasteiger partial charge >= 0.3 is 10.2 Å². The number of halogens is 2. The summed E-state index contributed by atoms with van der Waals surface area (Å²) in [6, 6.07) is 19.0. The Bertz CT molecular complexity index is 3130. The number of carbonyl (C=O) groups excluding carboxylic acids is 3. The predicted molar refractivity (Wildman–Crippen MR) is 255 cm³/mol. The molecular weight excluding hydrogens is 927 g/mol. The Morgan fingerprint density at radius 3 is 2.40 bits per heavy atom. The molecule has 0 spiro atoms. The van der Waals surface area contributed by atoms with Crippen LogP contribution in [-0.4, -0.2) is 128 Å². The fourth-order valence-electron chi connectivity index (χ4n) is 10.2. The number of aromatic nitrogens is 2. The second kappa shape index (κ2) is 19.0. The normalized spacial score (nSPS) is 20.4. The number of nitriles is 1. The molecule has 70 heavy (non-hydrogen) atoms. The molecule has 1 unspecified atom stereocenters. The number of piperazine rings is 1. The Morgan fingerprint density at radius 1 is 0.886 bits per heavy atom. The van der Waals surface area contributed by atoms with Gasteiger partial charge in [-0.3, -0.25) is 38.7 Å². The maximum Gasteiger partial charge on any atom is 0.301 e. The van der Waals surface area contributed by atoms with Crippen LogP contribution in [0.3, 0.4) is 0 Å². The van der Waals surface area contributed by atoms with Gasteiger partial charge in [-0.1, -0.05) is 0 Å². The highest BCUT2D eigenvalue weighted by molar-refractivity contribution is 7.90. The lowest BCUT2D eigenvalue weighted by Crippen LogP contribution is -2.52. The average molecular weight is 977 g/mol. The van der Waals surface area contributed by atoms with Crippen LogP contribution in [0.5, 0.6) is 17.2 Å². The molecule has 10 rings (SSSR count). The van der Waals surface area contributed by atoms with E-state index in [0.717, 1.165) is 92.0 Å². The van der Waals surface area contributed by atoms with Gasteiger partial charge in [-0.25, -0.2) is 13.8 Å². The Balaban J connectivity index is 0.758. The number of nitrogens with one attached hydrogen (secondary N) is 2. The zero-order valence-corrected chi connectivity index (χ0v) is 39.1. The van der Waals surface area contributed by atoms with Crippen molar-refractivity contribution in [1.82, 2.24) is 29.0 Å². The van der Waals surface area contributed by atoms with Crippen LogP contribution in [0.15, 0.2) is 77.9 Å². The molecule has 0 aliphatic carbocycles. The second-order valence-electron chi connectivity index (χ2n) is 18.3. The van der Waals surface area contributed by atoms with E-state index in [0.29, 0.717) is 41.4 Å². The first-order valence-electron chi connectivity index (χ1n) is 23.3. The van der Waals surface area contributed by atoms with Gasteiger partial charge in [0.1, 0.15) is 41.7 Å². The molecule has 364 valence electrons. The van der Waals surface area contributed by atoms with Crippen molar-refractivity contribution in [1.29, 1.82) is 5.26 Å². The molecule has 0 saturated carbocycles. The fraction of sp³-hybridized carbons (Fsp3) is 0.388. The number of benzene rings is 4. The van der Waals surface area contributed by atoms with E-state index in [1.807, 2.05) is 24.3 Å². The minimum absolute atomic E-state index is 0.00526. The predicted octanol–water partition coefficient (Wildman–Crippen LogP) is 4.70. The minimum atomic E-state index is -4.25. The van der Waals surface area contributed by atoms with E-state index in [1.165, 1.54) is 29.1 Å². The molecule has 0 radical (unpaired) electrons. The Labute approximate surface area is 402 Å². The lowest BCUT2D eigenvalue weighted by Gasteiger charge is -2.40. The van der Waals surface area contributed by atoms with Crippen molar-refractivity contribution in [2.75, 3.05) is 80.5 Å². The third-order valence-electron chi connectivity index (χ3n) is 14.0. The van der Waals surface area contributed by atoms with Crippen molar-refractivity contribution in [2.45, 2.75) is 50.9 Å². The Hall–Kier alpha value is -7.15. The third kappa shape index (κ3) is 9.09. The van der Waals surface area contributed by atoms with E-state index >= 15 is 4.39 Å². The van der Waals surface area contributed by atoms with Crippen LogP contribution in [0.2, 0.25) is 0 Å². The van der Waals surface area contributed by atoms with Crippen molar-refractivity contribution < 1.29 is 41.1 Å². The summed E-state index contributed by atoms with van der Waals surface area (Å²) in [5.41, 5.74) is 3.16. The van der Waals surface area contributed by atoms with E-state index < -0.39 is 51.0 Å². The van der Waals surface area contributed by atoms with Crippen LogP contribution < -0.4 is 34.9 Å². The van der Waals surface area contributed by atoms with Gasteiger partial charge in [-0.05, 0) is 97.8 Å². The quantitative estimate of drug-likeness (QED) is 0.163. The number of carbonyl (C=O) groups is 3. The standard InChI is InChI=1S/C49H50F2N10O8S/c1-68-44-23-34(61-29-53-40-7-4-35(24-37(40)49(61)65)69-46-38(25-52)41(8-6-39(46)51)55-70(66,67)59-17-14-32(50)28-59)3-9-42(44)58-20-18-56(19-21-58)26-30-12-15-57(16-13-30)33-2-5-36-31(22-33)27-60(48(36)64)43-10-11-45(62)54-47(43)63/h2-9,22-24,29-30,32,43,55H,10-21,26-28H2,1H3,(H,54,62,63)/t32-,43?/m1/s1. The first-order valence-corrected chi connectivity index (χ1v) is 24.7. The molecule has 3 amide bonds. The molecule has 5 aliphatic rings. The number of hydrogen-bond acceptors (Lipinski definition) is 13. The first kappa shape index (κ1) is 46.6. The molecule has 4 aromatic carbocycles. The highest BCUT2D eigenvalue weighted by Crippen LogP contribution is 2.37. The van der Waals surface area contributed by atoms with Gasteiger partial charge in [0.2, 0.25) is 11.8 Å². The highest BCUT2D eigenvalue weighted by atomic mass is 32.2. The van der Waals surface area contributed by atoms with E-state index in [4.69, 9.17) is 9.47 Å². The van der Waals surface area contributed by atoms with Gasteiger partial charge in [0, 0.05) is 89.2 Å². The van der Waals surface area contributed by atoms with Gasteiger partial charge in [-0.2, -0.15) is 18.0 Å². The van der Waals surface area contributed by atoms with Gasteiger partial charge < -0.3 is 24.2 Å². The lowest BCUT2D eigenvalue weighted by molar-refractivity contribution is -0.136. The number of amides is 3. The van der Waals surface area contributed by atoms with E-state index in [2.05, 4.69) is 35.8 Å². The van der Waals surface area contributed by atoms with Crippen LogP contribution >= 0.6 is 0 Å². The molecule has 18 nitrogen and oxygen atoms in total. The molecule has 5 aromatic rings. The maximum atomic E-state index is 15.2. The summed E-state index contributed by atoms with van der Waals surface area (Å²) in [6.45, 7) is 6.05. The minimum Gasteiger partial charge on any atom is -0.495 e. The first-order chi connectivity index (χ1) is 33.8. The van der Waals surface area contributed by atoms with Crippen molar-refractivity contribution in [2.24, 2.45) is 5.92 Å². The smallest absolute Gasteiger partial charge is 0.301 e. The largest absolute Gasteiger partial charge is 0.495 e. The molecule has 2 N–H and O–H groups in total. The number of imide groups is 1. The number of fused-ring (bicyclic) bond motifs is 2. The Kier molecular flexibility index (Phi) is 12.6. The highest BCUT2D eigenvalue weighted by Gasteiger charge is 2.40. The molecule has 5 aliphatic heterocycles. The summed E-state index contributed by atoms with van der Waals surface area (Å²) in [6.07, 6.45) is 2.76. The summed E-state index contributed by atoms with van der Waals surface area (Å²) >= 11 is 0. The molecule has 4 fully saturated rings. The SMILES string of the molecule is COc1cc(-n2cnc3ccc(Oc4c(F)ccc(NS(=O)(=O)N5CC[C@@H](F)C5)c4C#N)cc3c2=O)ccc1N1CCN(CC2CCN(c3ccc4c(c3)CN(C3CCC(=O)NC3=O)C4=O)CC2)CC1. The second-order valence-corrected chi connectivity index (χ2v) is 19.9. The summed E-state index contributed by atoms with van der Waals surface area (Å²) in [4.78, 5) is 64.6. The van der Waals surface area contributed by atoms with E-state index in [9.17, 15) is 37.2 Å². The molecule has 4 saturated heterocycles. The van der Waals surface area contributed by atoms with Gasteiger partial charge in [-0.15, -0.1) is 0 Å². The Morgan fingerprint density at radius 2 is 1.67 bits per heavy atom. The third-order valence-corrected chi connectivity index (χ3v) is 15.5. The average Bonchev–Trinajstić information content (AvgIpc) is 3.95. The molecule has 21 heteroatoms. The number of rotatable bonds is 12. The fourth-order valence-corrected chi connectivity index (χ4v) is 11.5. The maximum absolute atomic E-state index is 15.2. The van der Waals surface area contributed by atoms with Crippen molar-refractivity contribution in [3.63, 3.8) is 0 Å². The molecule has 0 bridgehead atoms. The van der Waals surface area contributed by atoms with Crippen LogP contribution in [0, 0.1) is 23.1 Å². The molecule has 1 aromatic heterocycles. The number of ether oxygens (including phenoxy) is 2. The monoisotopic (exact) mass is 976 g/mol. The summed E-state index contributed by atoms with van der Waals surface area (Å²) in [7, 11) is -2.68. The zero-order valence-electron chi connectivity index (χ0n) is 38.3. The number of alkyl halides is 1. The van der Waals surface area contributed by atoms with E-state index in [-0.39, 0.29) is 54.6 Å². The van der Waals surface area contributed by atoms with Crippen LogP contribution in [0.25, 0.3) is 16.6 Å². The van der Waals surface area contributed by atoms with Crippen LogP contribution in [-0.2, 0) is 26.3 Å². The number of nitrogens with zero attached hydrogens (tertiary/aromatic N) is 8. The van der Waals surface area contributed by atoms with Crippen LogP contribution in [0.1, 0.15) is 53.6 Å². The number of hydrogen-bond donors (Lipinski definition) is 2. The lowest BCUT2D eigenvalue weighted by atomic mass is 9.95. The molecule has 6 heterocycles. The van der Waals surface area contributed by atoms with Gasteiger partial charge in [0.15, 0.2) is 11.6 Å². The van der Waals surface area contributed by atoms with E-state index in [1.54, 1.807) is 24.1 Å². The zero-order chi connectivity index (χ0) is 48.8. The number of methoxy groups -OCH3 is 1. The van der Waals surface area contributed by atoms with Crippen LogP contribution in [0.4, 0.5) is 25.8 Å². The summed E-state index contributed by atoms with van der Waals surface area (Å²) < 4.78 is 71.2. The van der Waals surface area contributed by atoms with Gasteiger partial charge in [0.05, 0.1) is 35.1 Å². The van der Waals surface area contributed by atoms with Crippen molar-refractivity contribution in [3.8, 4) is 29.0 Å². The van der Waals surface area contributed by atoms with Gasteiger partial charge in [0.25, 0.3) is 11.5 Å². The summed E-state index contributed by atoms with van der Waals surface area (Å²) in [5.74, 6) is -1.28. The number of piperidine rings is 2. The van der Waals surface area contributed by atoms with Crippen molar-refractivity contribution in [3.05, 3.63) is 106 Å². The molecule has 2 atom stereocenters.